The van der Waals surface area contributed by atoms with E-state index in [0.717, 1.165) is 128 Å². The summed E-state index contributed by atoms with van der Waals surface area (Å²) in [6.07, 6.45) is 92.7. The fourth-order valence-corrected chi connectivity index (χ4v) is 9.45. The van der Waals surface area contributed by atoms with Crippen molar-refractivity contribution in [3.05, 3.63) is 109 Å². The highest BCUT2D eigenvalue weighted by atomic mass is 16.6. The highest BCUT2D eigenvalue weighted by molar-refractivity contribution is 5.71. The minimum absolute atomic E-state index is 0.0826. The van der Waals surface area contributed by atoms with Crippen molar-refractivity contribution in [2.24, 2.45) is 0 Å². The maximum Gasteiger partial charge on any atom is 0.306 e. The lowest BCUT2D eigenvalue weighted by Gasteiger charge is -2.18. The van der Waals surface area contributed by atoms with E-state index in [4.69, 9.17) is 14.2 Å². The zero-order valence-electron chi connectivity index (χ0n) is 52.6. The molecule has 0 heterocycles. The maximum absolute atomic E-state index is 12.9. The standard InChI is InChI=1S/C74H126O6/c1-4-7-10-13-16-19-21-23-25-27-29-31-33-35-37-39-41-43-45-47-49-51-53-55-58-61-64-67-73(76)79-70-71(69-78-72(75)66-63-60-57-18-15-12-9-6-3)80-74(77)68-65-62-59-56-54-52-50-48-46-44-42-40-38-36-34-32-30-28-26-24-22-20-17-14-11-8-5-2/h7,10,16,19,22-25,28-31,35,37,41,43,47,49,71H,4-6,8-9,11-15,17-18,20-21,26-27,32-34,36,38-40,42,44-46,48,50-70H2,1-3H3/b10-7-,19-16-,24-22-,25-23-,30-28-,31-29-,37-35-,43-41-,49-47-. The Labute approximate surface area is 495 Å². The number of hydrogen-bond donors (Lipinski definition) is 0. The molecule has 0 aliphatic heterocycles. The van der Waals surface area contributed by atoms with Gasteiger partial charge >= 0.3 is 17.9 Å². The Morgan fingerprint density at radius 2 is 0.487 bits per heavy atom. The van der Waals surface area contributed by atoms with Crippen LogP contribution in [0.15, 0.2) is 109 Å². The second-order valence-electron chi connectivity index (χ2n) is 22.4. The van der Waals surface area contributed by atoms with Gasteiger partial charge in [0.05, 0.1) is 0 Å². The van der Waals surface area contributed by atoms with Crippen LogP contribution in [0.25, 0.3) is 0 Å². The van der Waals surface area contributed by atoms with Gasteiger partial charge in [0.15, 0.2) is 6.10 Å². The average Bonchev–Trinajstić information content (AvgIpc) is 3.46. The molecular weight excluding hydrogens is 985 g/mol. The number of ether oxygens (including phenoxy) is 3. The van der Waals surface area contributed by atoms with Gasteiger partial charge in [-0.05, 0) is 109 Å². The lowest BCUT2D eigenvalue weighted by molar-refractivity contribution is -0.167. The Kier molecular flexibility index (Phi) is 64.3. The molecule has 0 aromatic carbocycles. The topological polar surface area (TPSA) is 78.9 Å². The first-order valence-corrected chi connectivity index (χ1v) is 33.9. The molecule has 0 aliphatic carbocycles. The number of allylic oxidation sites excluding steroid dienone is 18. The van der Waals surface area contributed by atoms with E-state index in [1.165, 1.54) is 154 Å². The summed E-state index contributed by atoms with van der Waals surface area (Å²) >= 11 is 0. The van der Waals surface area contributed by atoms with Gasteiger partial charge in [-0.15, -0.1) is 0 Å². The molecule has 6 heteroatoms. The third kappa shape index (κ3) is 64.9. The molecule has 0 amide bonds. The summed E-state index contributed by atoms with van der Waals surface area (Å²) in [4.78, 5) is 38.2. The van der Waals surface area contributed by atoms with Gasteiger partial charge in [-0.1, -0.05) is 304 Å². The van der Waals surface area contributed by atoms with Gasteiger partial charge in [-0.2, -0.15) is 0 Å². The number of carbonyl (C=O) groups is 3. The fourth-order valence-electron chi connectivity index (χ4n) is 9.45. The van der Waals surface area contributed by atoms with Crippen molar-refractivity contribution in [3.63, 3.8) is 0 Å². The molecule has 80 heavy (non-hydrogen) atoms. The van der Waals surface area contributed by atoms with E-state index in [-0.39, 0.29) is 31.1 Å². The van der Waals surface area contributed by atoms with E-state index < -0.39 is 6.10 Å². The molecule has 0 rings (SSSR count). The molecular formula is C74H126O6. The summed E-state index contributed by atoms with van der Waals surface area (Å²) in [5.74, 6) is -0.898. The summed E-state index contributed by atoms with van der Waals surface area (Å²) in [6.45, 7) is 6.49. The third-order valence-electron chi connectivity index (χ3n) is 14.5. The van der Waals surface area contributed by atoms with E-state index >= 15 is 0 Å². The molecule has 0 aromatic heterocycles. The van der Waals surface area contributed by atoms with E-state index in [9.17, 15) is 14.4 Å². The molecule has 0 bridgehead atoms. The molecule has 6 nitrogen and oxygen atoms in total. The average molecular weight is 1110 g/mol. The largest absolute Gasteiger partial charge is 0.462 e. The molecule has 0 spiro atoms. The first-order valence-electron chi connectivity index (χ1n) is 33.9. The van der Waals surface area contributed by atoms with Crippen LogP contribution in [0.2, 0.25) is 0 Å². The highest BCUT2D eigenvalue weighted by Crippen LogP contribution is 2.16. The molecule has 1 atom stereocenters. The van der Waals surface area contributed by atoms with Crippen molar-refractivity contribution in [2.45, 2.75) is 329 Å². The second kappa shape index (κ2) is 67.6. The first-order chi connectivity index (χ1) is 39.5. The van der Waals surface area contributed by atoms with Crippen LogP contribution in [0.4, 0.5) is 0 Å². The molecule has 458 valence electrons. The Bertz CT molecular complexity index is 1610. The lowest BCUT2D eigenvalue weighted by atomic mass is 10.0. The molecule has 0 saturated carbocycles. The predicted molar refractivity (Wildman–Crippen MR) is 348 cm³/mol. The fraction of sp³-hybridized carbons (Fsp3) is 0.716. The number of carbonyl (C=O) groups excluding carboxylic acids is 3. The van der Waals surface area contributed by atoms with E-state index in [1.807, 2.05) is 0 Å². The molecule has 0 aromatic rings. The first kappa shape index (κ1) is 76.1. The Morgan fingerprint density at radius 1 is 0.263 bits per heavy atom. The molecule has 0 aliphatic rings. The molecule has 0 saturated heterocycles. The van der Waals surface area contributed by atoms with Crippen molar-refractivity contribution in [3.8, 4) is 0 Å². The molecule has 1 unspecified atom stereocenters. The van der Waals surface area contributed by atoms with E-state index in [1.54, 1.807) is 0 Å². The van der Waals surface area contributed by atoms with Crippen LogP contribution in [0, 0.1) is 0 Å². The van der Waals surface area contributed by atoms with Crippen LogP contribution in [0.1, 0.15) is 323 Å². The van der Waals surface area contributed by atoms with Gasteiger partial charge < -0.3 is 14.2 Å². The summed E-state index contributed by atoms with van der Waals surface area (Å²) in [5, 5.41) is 0. The number of esters is 3. The normalized spacial score (nSPS) is 12.8. The molecule has 0 N–H and O–H groups in total. The van der Waals surface area contributed by atoms with Gasteiger partial charge in [-0.3, -0.25) is 14.4 Å². The second-order valence-corrected chi connectivity index (χ2v) is 22.4. The smallest absolute Gasteiger partial charge is 0.306 e. The van der Waals surface area contributed by atoms with Crippen LogP contribution in [0.5, 0.6) is 0 Å². The lowest BCUT2D eigenvalue weighted by Crippen LogP contribution is -2.30. The van der Waals surface area contributed by atoms with Crippen LogP contribution >= 0.6 is 0 Å². The van der Waals surface area contributed by atoms with Crippen LogP contribution in [-0.2, 0) is 28.6 Å². The Morgan fingerprint density at radius 3 is 0.762 bits per heavy atom. The van der Waals surface area contributed by atoms with Gasteiger partial charge in [0.2, 0.25) is 0 Å². The molecule has 0 radical (unpaired) electrons. The minimum Gasteiger partial charge on any atom is -0.462 e. The van der Waals surface area contributed by atoms with Crippen molar-refractivity contribution >= 4 is 17.9 Å². The van der Waals surface area contributed by atoms with Crippen molar-refractivity contribution in [1.29, 1.82) is 0 Å². The predicted octanol–water partition coefficient (Wildman–Crippen LogP) is 23.4. The summed E-state index contributed by atoms with van der Waals surface area (Å²) in [7, 11) is 0. The SMILES string of the molecule is CC/C=C\C/C=C\C/C=C\C/C=C\C/C=C\C/C=C\C/C=C\CCCCCCCC(=O)OCC(COC(=O)CCCCCCCCCC)OC(=O)CCCCCCCCCCCCCCCCC/C=C\C/C=C\CCCCCCC. The highest BCUT2D eigenvalue weighted by Gasteiger charge is 2.19. The third-order valence-corrected chi connectivity index (χ3v) is 14.5. The van der Waals surface area contributed by atoms with Gasteiger partial charge in [0.1, 0.15) is 13.2 Å². The Hall–Kier alpha value is -3.93. The molecule has 0 fully saturated rings. The van der Waals surface area contributed by atoms with Crippen LogP contribution in [-0.4, -0.2) is 37.2 Å². The summed E-state index contributed by atoms with van der Waals surface area (Å²) in [5.41, 5.74) is 0. The van der Waals surface area contributed by atoms with Gasteiger partial charge in [0, 0.05) is 19.3 Å². The zero-order valence-corrected chi connectivity index (χ0v) is 52.6. The number of hydrogen-bond acceptors (Lipinski definition) is 6. The van der Waals surface area contributed by atoms with Crippen LogP contribution in [0.3, 0.4) is 0 Å². The Balaban J connectivity index is 4.20. The van der Waals surface area contributed by atoms with E-state index in [2.05, 4.69) is 130 Å². The van der Waals surface area contributed by atoms with Gasteiger partial charge in [0.25, 0.3) is 0 Å². The maximum atomic E-state index is 12.9. The monoisotopic (exact) mass is 1110 g/mol. The summed E-state index contributed by atoms with van der Waals surface area (Å²) in [6, 6.07) is 0. The summed E-state index contributed by atoms with van der Waals surface area (Å²) < 4.78 is 16.9. The zero-order chi connectivity index (χ0) is 57.8. The van der Waals surface area contributed by atoms with Crippen molar-refractivity contribution < 1.29 is 28.6 Å². The number of rotatable bonds is 61. The van der Waals surface area contributed by atoms with Crippen molar-refractivity contribution in [2.75, 3.05) is 13.2 Å². The number of unbranched alkanes of at least 4 members (excludes halogenated alkanes) is 32. The van der Waals surface area contributed by atoms with Gasteiger partial charge in [-0.25, -0.2) is 0 Å². The van der Waals surface area contributed by atoms with Crippen LogP contribution < -0.4 is 0 Å². The van der Waals surface area contributed by atoms with Crippen molar-refractivity contribution in [1.82, 2.24) is 0 Å². The van der Waals surface area contributed by atoms with E-state index in [0.29, 0.717) is 19.3 Å². The quantitative estimate of drug-likeness (QED) is 0.0261. The minimum atomic E-state index is -0.786.